The molecular formula is C23H25BrN2O4S2. The van der Waals surface area contributed by atoms with Crippen LogP contribution >= 0.6 is 27.3 Å². The predicted molar refractivity (Wildman–Crippen MR) is 131 cm³/mol. The van der Waals surface area contributed by atoms with Gasteiger partial charge in [-0.1, -0.05) is 28.1 Å². The molecule has 0 N–H and O–H groups in total. The van der Waals surface area contributed by atoms with Gasteiger partial charge in [0.2, 0.25) is 0 Å². The van der Waals surface area contributed by atoms with Crippen LogP contribution < -0.4 is 14.4 Å². The Morgan fingerprint density at radius 1 is 1.09 bits per heavy atom. The van der Waals surface area contributed by atoms with Crippen molar-refractivity contribution in [2.45, 2.75) is 29.4 Å². The van der Waals surface area contributed by atoms with Gasteiger partial charge in [-0.2, -0.15) is 0 Å². The molecule has 9 heteroatoms. The molecule has 4 rings (SSSR count). The average molecular weight is 538 g/mol. The van der Waals surface area contributed by atoms with Gasteiger partial charge in [-0.25, -0.2) is 13.4 Å². The fourth-order valence-electron chi connectivity index (χ4n) is 3.92. The van der Waals surface area contributed by atoms with Crippen LogP contribution in [0.4, 0.5) is 5.13 Å². The fourth-order valence-corrected chi connectivity index (χ4v) is 7.12. The van der Waals surface area contributed by atoms with Crippen LogP contribution in [0.1, 0.15) is 24.1 Å². The van der Waals surface area contributed by atoms with Crippen LogP contribution in [0.25, 0.3) is 0 Å². The van der Waals surface area contributed by atoms with E-state index in [-0.39, 0.29) is 5.25 Å². The van der Waals surface area contributed by atoms with E-state index in [1.807, 2.05) is 24.3 Å². The smallest absolute Gasteiger partial charge is 0.185 e. The lowest BCUT2D eigenvalue weighted by Gasteiger charge is -2.31. The number of methoxy groups -OCH3 is 2. The maximum absolute atomic E-state index is 13.0. The van der Waals surface area contributed by atoms with E-state index < -0.39 is 9.84 Å². The minimum Gasteiger partial charge on any atom is -0.493 e. The van der Waals surface area contributed by atoms with Crippen molar-refractivity contribution >= 4 is 42.2 Å². The molecule has 0 saturated carbocycles. The molecule has 0 bridgehead atoms. The molecule has 0 aliphatic carbocycles. The van der Waals surface area contributed by atoms with Crippen molar-refractivity contribution in [2.75, 3.05) is 32.2 Å². The van der Waals surface area contributed by atoms with E-state index in [4.69, 9.17) is 14.5 Å². The quantitative estimate of drug-likeness (QED) is 0.425. The SMILES string of the molecule is COc1ccc(Cc2csc(N3CCC(S(=O)(=O)c4cccc(Br)c4)CC3)n2)cc1OC. The highest BCUT2D eigenvalue weighted by Gasteiger charge is 2.32. The van der Waals surface area contributed by atoms with Gasteiger partial charge in [0.25, 0.3) is 0 Å². The van der Waals surface area contributed by atoms with Crippen LogP contribution in [0, 0.1) is 0 Å². The predicted octanol–water partition coefficient (Wildman–Crippen LogP) is 4.96. The second-order valence-electron chi connectivity index (χ2n) is 7.68. The van der Waals surface area contributed by atoms with Crippen LogP contribution in [0.3, 0.4) is 0 Å². The minimum atomic E-state index is -3.33. The van der Waals surface area contributed by atoms with Crippen molar-refractivity contribution < 1.29 is 17.9 Å². The van der Waals surface area contributed by atoms with E-state index in [1.165, 1.54) is 0 Å². The fraction of sp³-hybridized carbons (Fsp3) is 0.348. The number of nitrogens with zero attached hydrogens (tertiary/aromatic N) is 2. The molecule has 6 nitrogen and oxygen atoms in total. The average Bonchev–Trinajstić information content (AvgIpc) is 3.27. The monoisotopic (exact) mass is 536 g/mol. The van der Waals surface area contributed by atoms with Gasteiger partial charge < -0.3 is 14.4 Å². The molecule has 1 fully saturated rings. The lowest BCUT2D eigenvalue weighted by atomic mass is 10.1. The maximum atomic E-state index is 13.0. The van der Waals surface area contributed by atoms with Crippen LogP contribution in [0.2, 0.25) is 0 Å². The Morgan fingerprint density at radius 2 is 1.84 bits per heavy atom. The number of hydrogen-bond donors (Lipinski definition) is 0. The van der Waals surface area contributed by atoms with Crippen LogP contribution in [-0.4, -0.2) is 46.0 Å². The molecule has 1 saturated heterocycles. The van der Waals surface area contributed by atoms with Gasteiger partial charge in [-0.15, -0.1) is 11.3 Å². The number of ether oxygens (including phenoxy) is 2. The first kappa shape index (κ1) is 23.1. The molecule has 0 spiro atoms. The number of piperidine rings is 1. The van der Waals surface area contributed by atoms with E-state index in [2.05, 4.69) is 26.2 Å². The van der Waals surface area contributed by atoms with Crippen molar-refractivity contribution in [2.24, 2.45) is 0 Å². The van der Waals surface area contributed by atoms with Gasteiger partial charge in [-0.3, -0.25) is 0 Å². The number of sulfone groups is 1. The molecule has 2 aromatic carbocycles. The van der Waals surface area contributed by atoms with Crippen molar-refractivity contribution in [3.8, 4) is 11.5 Å². The van der Waals surface area contributed by atoms with Gasteiger partial charge in [0, 0.05) is 29.4 Å². The van der Waals surface area contributed by atoms with E-state index >= 15 is 0 Å². The highest BCUT2D eigenvalue weighted by Crippen LogP contribution is 2.32. The number of thiazole rings is 1. The summed E-state index contributed by atoms with van der Waals surface area (Å²) in [5, 5.41) is 2.65. The van der Waals surface area contributed by atoms with E-state index in [9.17, 15) is 8.42 Å². The molecule has 1 aromatic heterocycles. The van der Waals surface area contributed by atoms with Gasteiger partial charge in [0.05, 0.1) is 30.1 Å². The third kappa shape index (κ3) is 4.94. The topological polar surface area (TPSA) is 68.7 Å². The first-order valence-electron chi connectivity index (χ1n) is 10.3. The number of rotatable bonds is 7. The lowest BCUT2D eigenvalue weighted by Crippen LogP contribution is -2.39. The Hall–Kier alpha value is -2.10. The summed E-state index contributed by atoms with van der Waals surface area (Å²) in [6.07, 6.45) is 1.89. The number of halogens is 1. The molecule has 0 radical (unpaired) electrons. The number of aromatic nitrogens is 1. The Labute approximate surface area is 201 Å². The van der Waals surface area contributed by atoms with Crippen molar-refractivity contribution in [1.82, 2.24) is 4.98 Å². The number of hydrogen-bond acceptors (Lipinski definition) is 7. The number of benzene rings is 2. The molecule has 0 unspecified atom stereocenters. The normalized spacial score (nSPS) is 15.0. The third-order valence-electron chi connectivity index (χ3n) is 5.65. The highest BCUT2D eigenvalue weighted by molar-refractivity contribution is 9.10. The highest BCUT2D eigenvalue weighted by atomic mass is 79.9. The summed E-state index contributed by atoms with van der Waals surface area (Å²) in [7, 11) is -0.0834. The Bertz CT molecular complexity index is 1190. The summed E-state index contributed by atoms with van der Waals surface area (Å²) in [5.74, 6) is 1.41. The third-order valence-corrected chi connectivity index (χ3v) is 9.35. The van der Waals surface area contributed by atoms with Gasteiger partial charge in [0.1, 0.15) is 0 Å². The number of anilines is 1. The standard InChI is InChI=1S/C23H25BrN2O4S2/c1-29-21-7-6-16(13-22(21)30-2)12-18-15-31-23(25-18)26-10-8-19(9-11-26)32(27,28)20-5-3-4-17(24)14-20/h3-7,13-15,19H,8-12H2,1-2H3. The summed E-state index contributed by atoms with van der Waals surface area (Å²) in [6, 6.07) is 12.8. The van der Waals surface area contributed by atoms with Crippen LogP contribution in [-0.2, 0) is 16.3 Å². The van der Waals surface area contributed by atoms with E-state index in [1.54, 1.807) is 43.8 Å². The summed E-state index contributed by atoms with van der Waals surface area (Å²) in [4.78, 5) is 7.38. The summed E-state index contributed by atoms with van der Waals surface area (Å²) in [6.45, 7) is 1.36. The second-order valence-corrected chi connectivity index (χ2v) is 11.7. The molecular weight excluding hydrogens is 512 g/mol. The Balaban J connectivity index is 1.40. The molecule has 1 aliphatic rings. The van der Waals surface area contributed by atoms with Crippen LogP contribution in [0.5, 0.6) is 11.5 Å². The van der Waals surface area contributed by atoms with E-state index in [0.29, 0.717) is 48.7 Å². The molecule has 3 aromatic rings. The van der Waals surface area contributed by atoms with Gasteiger partial charge in [-0.05, 0) is 48.7 Å². The largest absolute Gasteiger partial charge is 0.493 e. The molecule has 32 heavy (non-hydrogen) atoms. The van der Waals surface area contributed by atoms with Crippen molar-refractivity contribution in [3.05, 3.63) is 63.6 Å². The van der Waals surface area contributed by atoms with Gasteiger partial charge in [0.15, 0.2) is 26.5 Å². The molecule has 170 valence electrons. The first-order valence-corrected chi connectivity index (χ1v) is 13.5. The summed E-state index contributed by atoms with van der Waals surface area (Å²) in [5.41, 5.74) is 2.08. The zero-order chi connectivity index (χ0) is 22.7. The minimum absolute atomic E-state index is 0.362. The molecule has 0 amide bonds. The summed E-state index contributed by atoms with van der Waals surface area (Å²) < 4.78 is 37.5. The maximum Gasteiger partial charge on any atom is 0.185 e. The zero-order valence-corrected chi connectivity index (χ0v) is 21.2. The van der Waals surface area contributed by atoms with E-state index in [0.717, 1.165) is 20.9 Å². The second kappa shape index (κ2) is 9.80. The molecule has 2 heterocycles. The lowest BCUT2D eigenvalue weighted by molar-refractivity contribution is 0.354. The summed E-state index contributed by atoms with van der Waals surface area (Å²) >= 11 is 4.97. The first-order chi connectivity index (χ1) is 15.4. The van der Waals surface area contributed by atoms with Crippen molar-refractivity contribution in [3.63, 3.8) is 0 Å². The zero-order valence-electron chi connectivity index (χ0n) is 18.0. The Kier molecular flexibility index (Phi) is 7.07. The Morgan fingerprint density at radius 3 is 2.53 bits per heavy atom. The molecule has 0 atom stereocenters. The van der Waals surface area contributed by atoms with Crippen LogP contribution in [0.15, 0.2) is 57.2 Å². The van der Waals surface area contributed by atoms with Gasteiger partial charge >= 0.3 is 0 Å². The van der Waals surface area contributed by atoms with Crippen molar-refractivity contribution in [1.29, 1.82) is 0 Å². The molecule has 1 aliphatic heterocycles.